The van der Waals surface area contributed by atoms with E-state index in [9.17, 15) is 0 Å². The molecule has 2 saturated carbocycles. The van der Waals surface area contributed by atoms with Crippen LogP contribution in [0.4, 0.5) is 0 Å². The van der Waals surface area contributed by atoms with Crippen molar-refractivity contribution >= 4 is 0 Å². The number of unbranched alkanes of at least 4 members (excludes halogenated alkanes) is 4. The largest absolute Gasteiger partial charge is 0.297 e. The highest BCUT2D eigenvalue weighted by molar-refractivity contribution is 5.04. The number of hydrogen-bond donors (Lipinski definition) is 0. The average molecular weight is 235 g/mol. The van der Waals surface area contributed by atoms with Crippen LogP contribution in [0.25, 0.3) is 0 Å². The summed E-state index contributed by atoms with van der Waals surface area (Å²) in [6, 6.07) is 1.04. The van der Waals surface area contributed by atoms with Gasteiger partial charge >= 0.3 is 0 Å². The van der Waals surface area contributed by atoms with Crippen molar-refractivity contribution in [1.29, 1.82) is 0 Å². The van der Waals surface area contributed by atoms with E-state index in [4.69, 9.17) is 0 Å². The highest BCUT2D eigenvalue weighted by Crippen LogP contribution is 2.53. The van der Waals surface area contributed by atoms with Gasteiger partial charge in [0.25, 0.3) is 0 Å². The zero-order valence-electron chi connectivity index (χ0n) is 11.5. The van der Waals surface area contributed by atoms with Crippen molar-refractivity contribution in [3.8, 4) is 0 Å². The fraction of sp³-hybridized carbons (Fsp3) is 1.00. The van der Waals surface area contributed by atoms with Gasteiger partial charge in [0, 0.05) is 19.1 Å². The highest BCUT2D eigenvalue weighted by Gasteiger charge is 2.51. The van der Waals surface area contributed by atoms with Crippen LogP contribution >= 0.6 is 0 Å². The molecular weight excluding hydrogens is 206 g/mol. The van der Waals surface area contributed by atoms with Crippen molar-refractivity contribution in [3.63, 3.8) is 0 Å². The van der Waals surface area contributed by atoms with Crippen molar-refractivity contribution in [1.82, 2.24) is 4.90 Å². The first kappa shape index (κ1) is 12.0. The molecule has 2 bridgehead atoms. The van der Waals surface area contributed by atoms with Crippen molar-refractivity contribution in [2.75, 3.05) is 13.1 Å². The van der Waals surface area contributed by atoms with Crippen LogP contribution in [-0.4, -0.2) is 24.0 Å². The second-order valence-electron chi connectivity index (χ2n) is 6.73. The van der Waals surface area contributed by atoms with Crippen LogP contribution in [0.15, 0.2) is 0 Å². The Bertz CT molecular complexity index is 246. The molecule has 0 aromatic heterocycles. The molecule has 0 radical (unpaired) electrons. The maximum absolute atomic E-state index is 2.76. The van der Waals surface area contributed by atoms with E-state index in [-0.39, 0.29) is 0 Å². The lowest BCUT2D eigenvalue weighted by Gasteiger charge is -2.22. The van der Waals surface area contributed by atoms with Gasteiger partial charge in [-0.2, -0.15) is 0 Å². The fourth-order valence-electron chi connectivity index (χ4n) is 4.70. The molecule has 2 aliphatic carbocycles. The number of hydrogen-bond acceptors (Lipinski definition) is 1. The molecule has 0 amide bonds. The Labute approximate surface area is 107 Å². The van der Waals surface area contributed by atoms with Crippen molar-refractivity contribution in [2.45, 2.75) is 70.8 Å². The Balaban J connectivity index is 1.40. The summed E-state index contributed by atoms with van der Waals surface area (Å²) in [5, 5.41) is 0. The molecule has 3 rings (SSSR count). The Hall–Kier alpha value is -0.0400. The van der Waals surface area contributed by atoms with Crippen LogP contribution in [0.2, 0.25) is 0 Å². The normalized spacial score (nSPS) is 40.1. The molecule has 1 heteroatoms. The SMILES string of the molecule is CCCCCCCC1CC2CCC1C2N1CC1. The van der Waals surface area contributed by atoms with Crippen LogP contribution in [0.1, 0.15) is 64.7 Å². The van der Waals surface area contributed by atoms with Crippen molar-refractivity contribution < 1.29 is 0 Å². The first-order valence-corrected chi connectivity index (χ1v) is 8.14. The van der Waals surface area contributed by atoms with Crippen LogP contribution in [0, 0.1) is 17.8 Å². The molecule has 0 spiro atoms. The summed E-state index contributed by atoms with van der Waals surface area (Å²) in [4.78, 5) is 2.76. The van der Waals surface area contributed by atoms with E-state index >= 15 is 0 Å². The molecule has 0 aromatic rings. The second-order valence-corrected chi connectivity index (χ2v) is 6.73. The van der Waals surface area contributed by atoms with Gasteiger partial charge in [-0.3, -0.25) is 4.90 Å². The molecule has 1 heterocycles. The Morgan fingerprint density at radius 3 is 2.59 bits per heavy atom. The van der Waals surface area contributed by atoms with Gasteiger partial charge in [-0.15, -0.1) is 0 Å². The van der Waals surface area contributed by atoms with Gasteiger partial charge in [-0.1, -0.05) is 45.4 Å². The van der Waals surface area contributed by atoms with Crippen molar-refractivity contribution in [3.05, 3.63) is 0 Å². The Kier molecular flexibility index (Phi) is 3.75. The molecule has 1 aliphatic heterocycles. The number of nitrogens with zero attached hydrogens (tertiary/aromatic N) is 1. The smallest absolute Gasteiger partial charge is 0.0156 e. The second kappa shape index (κ2) is 5.30. The minimum Gasteiger partial charge on any atom is -0.297 e. The van der Waals surface area contributed by atoms with E-state index in [2.05, 4.69) is 11.8 Å². The summed E-state index contributed by atoms with van der Waals surface area (Å²) in [6.07, 6.45) is 13.6. The zero-order valence-corrected chi connectivity index (χ0v) is 11.5. The van der Waals surface area contributed by atoms with E-state index in [1.165, 1.54) is 45.2 Å². The summed E-state index contributed by atoms with van der Waals surface area (Å²) < 4.78 is 0. The maximum atomic E-state index is 2.76. The zero-order chi connectivity index (χ0) is 11.7. The van der Waals surface area contributed by atoms with Gasteiger partial charge in [-0.25, -0.2) is 0 Å². The first-order chi connectivity index (χ1) is 8.40. The summed E-state index contributed by atoms with van der Waals surface area (Å²) in [5.74, 6) is 3.32. The van der Waals surface area contributed by atoms with Crippen molar-refractivity contribution in [2.24, 2.45) is 17.8 Å². The first-order valence-electron chi connectivity index (χ1n) is 8.14. The van der Waals surface area contributed by atoms with Crippen LogP contribution in [0.5, 0.6) is 0 Å². The lowest BCUT2D eigenvalue weighted by molar-refractivity contribution is 0.271. The quantitative estimate of drug-likeness (QED) is 0.475. The standard InChI is InChI=1S/C16H29N/c1-2-3-4-5-6-7-13-12-14-8-9-15(13)16(14)17-10-11-17/h13-16H,2-12H2,1H3. The fourth-order valence-corrected chi connectivity index (χ4v) is 4.70. The topological polar surface area (TPSA) is 3.01 Å². The van der Waals surface area contributed by atoms with Gasteiger partial charge in [0.1, 0.15) is 0 Å². The molecule has 0 aromatic carbocycles. The third kappa shape index (κ3) is 2.54. The van der Waals surface area contributed by atoms with Crippen LogP contribution < -0.4 is 0 Å². The summed E-state index contributed by atoms with van der Waals surface area (Å²) in [7, 11) is 0. The molecular formula is C16H29N. The van der Waals surface area contributed by atoms with E-state index in [1.807, 2.05) is 0 Å². The number of rotatable bonds is 7. The molecule has 98 valence electrons. The lowest BCUT2D eigenvalue weighted by atomic mass is 9.85. The molecule has 4 unspecified atom stereocenters. The average Bonchev–Trinajstić information content (AvgIpc) is 3.03. The Morgan fingerprint density at radius 2 is 1.82 bits per heavy atom. The monoisotopic (exact) mass is 235 g/mol. The van der Waals surface area contributed by atoms with E-state index < -0.39 is 0 Å². The Morgan fingerprint density at radius 1 is 1.00 bits per heavy atom. The summed E-state index contributed by atoms with van der Waals surface area (Å²) >= 11 is 0. The minimum absolute atomic E-state index is 1.04. The van der Waals surface area contributed by atoms with Gasteiger partial charge < -0.3 is 0 Å². The predicted octanol–water partition coefficient (Wildman–Crippen LogP) is 4.08. The van der Waals surface area contributed by atoms with Crippen LogP contribution in [-0.2, 0) is 0 Å². The minimum atomic E-state index is 1.04. The molecule has 3 aliphatic rings. The summed E-state index contributed by atoms with van der Waals surface area (Å²) in [6.45, 7) is 5.15. The van der Waals surface area contributed by atoms with Gasteiger partial charge in [0.05, 0.1) is 0 Å². The van der Waals surface area contributed by atoms with Gasteiger partial charge in [0.2, 0.25) is 0 Å². The lowest BCUT2D eigenvalue weighted by Crippen LogP contribution is -2.25. The maximum Gasteiger partial charge on any atom is 0.0156 e. The number of fused-ring (bicyclic) bond motifs is 2. The third-order valence-corrected chi connectivity index (χ3v) is 5.59. The predicted molar refractivity (Wildman–Crippen MR) is 73.1 cm³/mol. The highest BCUT2D eigenvalue weighted by atomic mass is 15.3. The van der Waals surface area contributed by atoms with Gasteiger partial charge in [-0.05, 0) is 37.0 Å². The van der Waals surface area contributed by atoms with E-state index in [1.54, 1.807) is 25.7 Å². The molecule has 0 N–H and O–H groups in total. The van der Waals surface area contributed by atoms with E-state index in [0.29, 0.717) is 0 Å². The molecule has 1 saturated heterocycles. The molecule has 3 fully saturated rings. The van der Waals surface area contributed by atoms with Crippen LogP contribution in [0.3, 0.4) is 0 Å². The third-order valence-electron chi connectivity index (χ3n) is 5.59. The molecule has 1 nitrogen and oxygen atoms in total. The molecule has 17 heavy (non-hydrogen) atoms. The van der Waals surface area contributed by atoms with Gasteiger partial charge in [0.15, 0.2) is 0 Å². The molecule has 4 atom stereocenters. The summed E-state index contributed by atoms with van der Waals surface area (Å²) in [5.41, 5.74) is 0. The van der Waals surface area contributed by atoms with E-state index in [0.717, 1.165) is 23.8 Å².